The first kappa shape index (κ1) is 24.2. The summed E-state index contributed by atoms with van der Waals surface area (Å²) in [5.74, 6) is -2.81. The van der Waals surface area contributed by atoms with Gasteiger partial charge in [0.1, 0.15) is 17.5 Å². The number of aromatic nitrogens is 1. The molecule has 1 saturated carbocycles. The van der Waals surface area contributed by atoms with Crippen LogP contribution in [0.4, 0.5) is 13.6 Å². The Hall–Kier alpha value is -4.46. The highest BCUT2D eigenvalue weighted by molar-refractivity contribution is 6.03. The van der Waals surface area contributed by atoms with Gasteiger partial charge in [0.25, 0.3) is 5.91 Å². The van der Waals surface area contributed by atoms with Crippen LogP contribution in [0.15, 0.2) is 36.4 Å². The van der Waals surface area contributed by atoms with Crippen molar-refractivity contribution in [2.75, 3.05) is 6.54 Å². The topological polar surface area (TPSA) is 153 Å². The summed E-state index contributed by atoms with van der Waals surface area (Å²) in [6, 6.07) is 9.34. The van der Waals surface area contributed by atoms with Crippen LogP contribution in [0.1, 0.15) is 35.4 Å². The van der Waals surface area contributed by atoms with Crippen LogP contribution < -0.4 is 10.1 Å². The van der Waals surface area contributed by atoms with Crippen molar-refractivity contribution in [3.8, 4) is 23.3 Å². The van der Waals surface area contributed by atoms with Gasteiger partial charge < -0.3 is 25.4 Å². The number of nitrogens with zero attached hydrogens (tertiary/aromatic N) is 2. The summed E-state index contributed by atoms with van der Waals surface area (Å²) >= 11 is 0. The number of para-hydroxylation sites is 1. The average Bonchev–Trinajstić information content (AvgIpc) is 2.75. The number of rotatable bonds is 5. The molecule has 4 rings (SSSR count). The highest BCUT2D eigenvalue weighted by atomic mass is 19.1. The summed E-state index contributed by atoms with van der Waals surface area (Å²) in [4.78, 5) is 25.0. The summed E-state index contributed by atoms with van der Waals surface area (Å²) in [6.07, 6.45) is 1.40. The smallest absolute Gasteiger partial charge is 0.503 e. The van der Waals surface area contributed by atoms with Crippen molar-refractivity contribution >= 4 is 22.8 Å². The standard InChI is InChI=1S/C22H17F2N3O3.CH2O3/c23-16-5-2-6-17(24)21(16)30-13-7-8-14-15(9-13)18(10-25)27-19(20(14)28)22(29)26-11-12-3-1-4-12;2-1(3)4/h2,5-9,12,28H,1,3-4,11H2,(H,26,29);(H2,2,3,4). The molecule has 0 radical (unpaired) electrons. The van der Waals surface area contributed by atoms with Crippen molar-refractivity contribution < 1.29 is 38.4 Å². The van der Waals surface area contributed by atoms with Crippen molar-refractivity contribution in [1.82, 2.24) is 10.3 Å². The highest BCUT2D eigenvalue weighted by Crippen LogP contribution is 2.35. The molecule has 0 spiro atoms. The Morgan fingerprint density at radius 2 is 1.79 bits per heavy atom. The van der Waals surface area contributed by atoms with E-state index in [4.69, 9.17) is 19.7 Å². The molecule has 176 valence electrons. The molecule has 34 heavy (non-hydrogen) atoms. The predicted molar refractivity (Wildman–Crippen MR) is 115 cm³/mol. The van der Waals surface area contributed by atoms with Crippen LogP contribution in [0.2, 0.25) is 0 Å². The Labute approximate surface area is 191 Å². The summed E-state index contributed by atoms with van der Waals surface area (Å²) in [5.41, 5.74) is -0.358. The number of pyridine rings is 1. The maximum absolute atomic E-state index is 13.8. The third-order valence-corrected chi connectivity index (χ3v) is 5.19. The third-order valence-electron chi connectivity index (χ3n) is 5.19. The molecule has 0 aliphatic heterocycles. The van der Waals surface area contributed by atoms with Crippen LogP contribution in [-0.2, 0) is 0 Å². The van der Waals surface area contributed by atoms with E-state index in [2.05, 4.69) is 10.3 Å². The number of benzene rings is 2. The van der Waals surface area contributed by atoms with Gasteiger partial charge in [0.05, 0.1) is 0 Å². The molecule has 11 heteroatoms. The van der Waals surface area contributed by atoms with Gasteiger partial charge in [-0.05, 0) is 49.1 Å². The van der Waals surface area contributed by atoms with E-state index in [9.17, 15) is 23.9 Å². The van der Waals surface area contributed by atoms with E-state index < -0.39 is 29.4 Å². The minimum Gasteiger partial charge on any atom is -0.505 e. The second-order valence-electron chi connectivity index (χ2n) is 7.42. The number of nitriles is 1. The monoisotopic (exact) mass is 471 g/mol. The molecular weight excluding hydrogens is 452 g/mol. The Balaban J connectivity index is 0.000000751. The maximum Gasteiger partial charge on any atom is 0.503 e. The summed E-state index contributed by atoms with van der Waals surface area (Å²) in [5, 5.41) is 37.1. The number of fused-ring (bicyclic) bond motifs is 1. The van der Waals surface area contributed by atoms with Gasteiger partial charge in [-0.1, -0.05) is 12.5 Å². The minimum absolute atomic E-state index is 0.0476. The summed E-state index contributed by atoms with van der Waals surface area (Å²) < 4.78 is 33.0. The zero-order valence-corrected chi connectivity index (χ0v) is 17.6. The second kappa shape index (κ2) is 10.4. The second-order valence-corrected chi connectivity index (χ2v) is 7.42. The first-order valence-corrected chi connectivity index (χ1v) is 10.1. The lowest BCUT2D eigenvalue weighted by Crippen LogP contribution is -2.32. The largest absolute Gasteiger partial charge is 0.505 e. The van der Waals surface area contributed by atoms with E-state index in [0.717, 1.165) is 31.4 Å². The lowest BCUT2D eigenvalue weighted by Gasteiger charge is -2.25. The van der Waals surface area contributed by atoms with E-state index in [1.807, 2.05) is 6.07 Å². The first-order chi connectivity index (χ1) is 16.2. The Bertz CT molecular complexity index is 1260. The molecule has 1 aliphatic carbocycles. The van der Waals surface area contributed by atoms with E-state index in [-0.39, 0.29) is 33.7 Å². The molecule has 0 unspecified atom stereocenters. The Morgan fingerprint density at radius 3 is 2.35 bits per heavy atom. The van der Waals surface area contributed by atoms with E-state index >= 15 is 0 Å². The molecule has 9 nitrogen and oxygen atoms in total. The molecule has 1 heterocycles. The highest BCUT2D eigenvalue weighted by Gasteiger charge is 2.23. The Kier molecular flexibility index (Phi) is 7.43. The zero-order chi connectivity index (χ0) is 24.8. The van der Waals surface area contributed by atoms with Crippen molar-refractivity contribution in [2.45, 2.75) is 19.3 Å². The number of carbonyl (C=O) groups is 2. The number of hydrogen-bond acceptors (Lipinski definition) is 6. The summed E-state index contributed by atoms with van der Waals surface area (Å²) in [6.45, 7) is 0.487. The van der Waals surface area contributed by atoms with Gasteiger partial charge in [0.15, 0.2) is 28.8 Å². The number of carbonyl (C=O) groups excluding carboxylic acids is 1. The zero-order valence-electron chi connectivity index (χ0n) is 17.6. The van der Waals surface area contributed by atoms with E-state index in [1.165, 1.54) is 24.3 Å². The van der Waals surface area contributed by atoms with Crippen LogP contribution >= 0.6 is 0 Å². The van der Waals surface area contributed by atoms with Crippen molar-refractivity contribution in [3.05, 3.63) is 59.4 Å². The lowest BCUT2D eigenvalue weighted by molar-refractivity contribution is 0.0931. The normalized spacial score (nSPS) is 12.6. The molecule has 4 N–H and O–H groups in total. The molecule has 1 aromatic heterocycles. The van der Waals surface area contributed by atoms with Crippen molar-refractivity contribution in [2.24, 2.45) is 5.92 Å². The number of hydrogen-bond donors (Lipinski definition) is 4. The number of amides is 1. The SMILES string of the molecule is N#Cc1nc(C(=O)NCC2CCC2)c(O)c2ccc(Oc3c(F)cccc3F)cc12.O=C(O)O. The van der Waals surface area contributed by atoms with Crippen molar-refractivity contribution in [3.63, 3.8) is 0 Å². The number of nitrogens with one attached hydrogen (secondary N) is 1. The third kappa shape index (κ3) is 5.47. The molecule has 2 aromatic carbocycles. The number of ether oxygens (including phenoxy) is 1. The molecule has 1 aliphatic rings. The van der Waals surface area contributed by atoms with Gasteiger partial charge in [-0.3, -0.25) is 4.79 Å². The number of carboxylic acid groups (broad SMARTS) is 2. The number of halogens is 2. The van der Waals surface area contributed by atoms with Crippen LogP contribution in [0, 0.1) is 28.9 Å². The average molecular weight is 471 g/mol. The number of aromatic hydroxyl groups is 1. The van der Waals surface area contributed by atoms with Gasteiger partial charge in [0.2, 0.25) is 0 Å². The molecular formula is C23H19F2N3O6. The fraction of sp³-hybridized carbons (Fsp3) is 0.217. The van der Waals surface area contributed by atoms with Gasteiger partial charge >= 0.3 is 6.16 Å². The van der Waals surface area contributed by atoms with Crippen LogP contribution in [0.3, 0.4) is 0 Å². The van der Waals surface area contributed by atoms with E-state index in [0.29, 0.717) is 12.5 Å². The molecule has 1 amide bonds. The molecule has 0 saturated heterocycles. The van der Waals surface area contributed by atoms with E-state index in [1.54, 1.807) is 0 Å². The van der Waals surface area contributed by atoms with Crippen LogP contribution in [-0.4, -0.2) is 38.9 Å². The first-order valence-electron chi connectivity index (χ1n) is 10.1. The molecule has 3 aromatic rings. The minimum atomic E-state index is -1.83. The van der Waals surface area contributed by atoms with Gasteiger partial charge in [-0.15, -0.1) is 0 Å². The Morgan fingerprint density at radius 1 is 1.15 bits per heavy atom. The van der Waals surface area contributed by atoms with Gasteiger partial charge in [-0.2, -0.15) is 5.26 Å². The summed E-state index contributed by atoms with van der Waals surface area (Å²) in [7, 11) is 0. The fourth-order valence-corrected chi connectivity index (χ4v) is 3.30. The molecule has 1 fully saturated rings. The fourth-order valence-electron chi connectivity index (χ4n) is 3.30. The predicted octanol–water partition coefficient (Wildman–Crippen LogP) is 4.63. The van der Waals surface area contributed by atoms with Crippen molar-refractivity contribution in [1.29, 1.82) is 5.26 Å². The van der Waals surface area contributed by atoms with Gasteiger partial charge in [0, 0.05) is 17.3 Å². The van der Waals surface area contributed by atoms with Crippen LogP contribution in [0.25, 0.3) is 10.8 Å². The van der Waals surface area contributed by atoms with Gasteiger partial charge in [-0.25, -0.2) is 18.6 Å². The van der Waals surface area contributed by atoms with Crippen LogP contribution in [0.5, 0.6) is 17.2 Å². The quantitative estimate of drug-likeness (QED) is 0.420. The maximum atomic E-state index is 13.8. The lowest BCUT2D eigenvalue weighted by atomic mass is 9.85. The molecule has 0 atom stereocenters. The molecule has 0 bridgehead atoms.